The van der Waals surface area contributed by atoms with E-state index in [1.165, 1.54) is 11.8 Å². The van der Waals surface area contributed by atoms with Gasteiger partial charge in [0.15, 0.2) is 5.16 Å². The highest BCUT2D eigenvalue weighted by molar-refractivity contribution is 7.99. The lowest BCUT2D eigenvalue weighted by molar-refractivity contribution is -0.116. The van der Waals surface area contributed by atoms with E-state index < -0.39 is 0 Å². The van der Waals surface area contributed by atoms with Crippen LogP contribution < -0.4 is 10.6 Å². The second-order valence-electron chi connectivity index (χ2n) is 6.06. The highest BCUT2D eigenvalue weighted by Crippen LogP contribution is 2.21. The summed E-state index contributed by atoms with van der Waals surface area (Å²) in [6, 6.07) is 7.05. The number of hydrogen-bond donors (Lipinski definition) is 2. The maximum absolute atomic E-state index is 12.2. The van der Waals surface area contributed by atoms with Crippen molar-refractivity contribution < 1.29 is 9.59 Å². The zero-order chi connectivity index (χ0) is 19.1. The fourth-order valence-electron chi connectivity index (χ4n) is 2.34. The molecule has 1 aromatic heterocycles. The van der Waals surface area contributed by atoms with Crippen LogP contribution in [0.2, 0.25) is 0 Å². The summed E-state index contributed by atoms with van der Waals surface area (Å²) in [5.41, 5.74) is 1.39. The van der Waals surface area contributed by atoms with Gasteiger partial charge in [-0.15, -0.1) is 10.2 Å². The smallest absolute Gasteiger partial charge is 0.234 e. The van der Waals surface area contributed by atoms with Gasteiger partial charge < -0.3 is 15.2 Å². The summed E-state index contributed by atoms with van der Waals surface area (Å²) in [5.74, 6) is 1.32. The number of aromatic nitrogens is 3. The van der Waals surface area contributed by atoms with Gasteiger partial charge in [-0.25, -0.2) is 0 Å². The largest absolute Gasteiger partial charge is 0.326 e. The molecule has 0 aliphatic carbocycles. The Kier molecular flexibility index (Phi) is 7.20. The van der Waals surface area contributed by atoms with Gasteiger partial charge in [0.05, 0.1) is 5.75 Å². The summed E-state index contributed by atoms with van der Waals surface area (Å²) in [6.45, 7) is 8.76. The van der Waals surface area contributed by atoms with Crippen molar-refractivity contribution in [3.05, 3.63) is 30.1 Å². The lowest BCUT2D eigenvalue weighted by Gasteiger charge is -2.09. The molecule has 0 fully saturated rings. The van der Waals surface area contributed by atoms with Gasteiger partial charge >= 0.3 is 0 Å². The summed E-state index contributed by atoms with van der Waals surface area (Å²) in [6.07, 6.45) is 0.427. The fourth-order valence-corrected chi connectivity index (χ4v) is 3.15. The lowest BCUT2D eigenvalue weighted by atomic mass is 10.2. The van der Waals surface area contributed by atoms with Crippen LogP contribution >= 0.6 is 11.8 Å². The predicted molar refractivity (Wildman–Crippen MR) is 105 cm³/mol. The van der Waals surface area contributed by atoms with Crippen LogP contribution in [0.15, 0.2) is 29.4 Å². The van der Waals surface area contributed by atoms with Gasteiger partial charge in [-0.05, 0) is 31.2 Å². The van der Waals surface area contributed by atoms with Crippen LogP contribution in [-0.2, 0) is 16.1 Å². The number of rotatable bonds is 8. The Bertz CT molecular complexity index is 755. The third-order valence-electron chi connectivity index (χ3n) is 3.68. The maximum atomic E-state index is 12.2. The van der Waals surface area contributed by atoms with Crippen LogP contribution in [0.4, 0.5) is 11.4 Å². The maximum Gasteiger partial charge on any atom is 0.234 e. The summed E-state index contributed by atoms with van der Waals surface area (Å²) >= 11 is 1.37. The number of carbonyl (C=O) groups is 2. The number of amides is 2. The minimum Gasteiger partial charge on any atom is -0.326 e. The normalized spacial score (nSPS) is 10.8. The molecule has 0 saturated carbocycles. The van der Waals surface area contributed by atoms with Crippen LogP contribution in [0.25, 0.3) is 0 Å². The van der Waals surface area contributed by atoms with E-state index in [-0.39, 0.29) is 23.5 Å². The van der Waals surface area contributed by atoms with Crippen LogP contribution in [0.3, 0.4) is 0 Å². The van der Waals surface area contributed by atoms with E-state index in [1.807, 2.05) is 11.5 Å². The monoisotopic (exact) mass is 375 g/mol. The van der Waals surface area contributed by atoms with Crippen molar-refractivity contribution in [3.8, 4) is 0 Å². The Labute approximate surface area is 158 Å². The van der Waals surface area contributed by atoms with Gasteiger partial charge in [0.1, 0.15) is 5.82 Å². The van der Waals surface area contributed by atoms with Crippen molar-refractivity contribution in [1.82, 2.24) is 14.8 Å². The van der Waals surface area contributed by atoms with Crippen molar-refractivity contribution in [2.75, 3.05) is 16.4 Å². The second-order valence-corrected chi connectivity index (χ2v) is 7.00. The number of nitrogens with one attached hydrogen (secondary N) is 2. The first kappa shape index (κ1) is 20.0. The highest BCUT2D eigenvalue weighted by Gasteiger charge is 2.15. The van der Waals surface area contributed by atoms with Crippen LogP contribution in [-0.4, -0.2) is 32.3 Å². The molecular formula is C18H25N5O2S. The first-order valence-corrected chi connectivity index (χ1v) is 9.68. The molecule has 140 valence electrons. The average Bonchev–Trinajstić information content (AvgIpc) is 3.04. The van der Waals surface area contributed by atoms with E-state index in [4.69, 9.17) is 0 Å². The first-order chi connectivity index (χ1) is 12.4. The summed E-state index contributed by atoms with van der Waals surface area (Å²) in [5, 5.41) is 14.8. The molecule has 0 aliphatic rings. The quantitative estimate of drug-likeness (QED) is 0.689. The van der Waals surface area contributed by atoms with E-state index in [2.05, 4.69) is 34.7 Å². The summed E-state index contributed by atoms with van der Waals surface area (Å²) < 4.78 is 2.04. The number of benzene rings is 1. The molecule has 26 heavy (non-hydrogen) atoms. The Morgan fingerprint density at radius 3 is 2.12 bits per heavy atom. The van der Waals surface area contributed by atoms with Gasteiger partial charge in [0.25, 0.3) is 0 Å². The molecule has 8 heteroatoms. The molecule has 0 spiro atoms. The molecule has 2 amide bonds. The standard InChI is InChI=1S/C18H25N5O2S/c1-5-15(24)19-13-7-9-14(10-8-13)20-16(25)11-26-18-22-21-17(12(3)4)23(18)6-2/h7-10,12H,5-6,11H2,1-4H3,(H,19,24)(H,20,25). The lowest BCUT2D eigenvalue weighted by Crippen LogP contribution is -2.15. The second kappa shape index (κ2) is 9.38. The molecule has 0 aliphatic heterocycles. The molecule has 1 aromatic carbocycles. The molecule has 2 rings (SSSR count). The Hall–Kier alpha value is -2.35. The molecule has 0 unspecified atom stereocenters. The van der Waals surface area contributed by atoms with E-state index in [9.17, 15) is 9.59 Å². The molecule has 7 nitrogen and oxygen atoms in total. The fraction of sp³-hybridized carbons (Fsp3) is 0.444. The number of thioether (sulfide) groups is 1. The molecule has 2 aromatic rings. The zero-order valence-corrected chi connectivity index (χ0v) is 16.4. The Morgan fingerprint density at radius 1 is 1.04 bits per heavy atom. The zero-order valence-electron chi connectivity index (χ0n) is 15.6. The number of carbonyl (C=O) groups excluding carboxylic acids is 2. The van der Waals surface area contributed by atoms with Gasteiger partial charge in [0, 0.05) is 30.3 Å². The number of hydrogen-bond acceptors (Lipinski definition) is 5. The number of nitrogens with zero attached hydrogens (tertiary/aromatic N) is 3. The topological polar surface area (TPSA) is 88.9 Å². The van der Waals surface area contributed by atoms with E-state index in [1.54, 1.807) is 31.2 Å². The van der Waals surface area contributed by atoms with Crippen molar-refractivity contribution in [1.29, 1.82) is 0 Å². The molecule has 0 radical (unpaired) electrons. The summed E-state index contributed by atoms with van der Waals surface area (Å²) in [7, 11) is 0. The van der Waals surface area contributed by atoms with Gasteiger partial charge in [-0.1, -0.05) is 32.5 Å². The van der Waals surface area contributed by atoms with Crippen LogP contribution in [0.1, 0.15) is 45.9 Å². The summed E-state index contributed by atoms with van der Waals surface area (Å²) in [4.78, 5) is 23.5. The van der Waals surface area contributed by atoms with E-state index in [0.717, 1.165) is 17.5 Å². The van der Waals surface area contributed by atoms with Crippen molar-refractivity contribution in [3.63, 3.8) is 0 Å². The molecule has 0 saturated heterocycles. The van der Waals surface area contributed by atoms with Crippen LogP contribution in [0, 0.1) is 0 Å². The van der Waals surface area contributed by atoms with E-state index in [0.29, 0.717) is 17.8 Å². The predicted octanol–water partition coefficient (Wildman–Crippen LogP) is 3.50. The average molecular weight is 375 g/mol. The van der Waals surface area contributed by atoms with Gasteiger partial charge in [-0.2, -0.15) is 0 Å². The highest BCUT2D eigenvalue weighted by atomic mass is 32.2. The van der Waals surface area contributed by atoms with Gasteiger partial charge in [0.2, 0.25) is 11.8 Å². The minimum absolute atomic E-state index is 0.0426. The van der Waals surface area contributed by atoms with Crippen molar-refractivity contribution >= 4 is 35.0 Å². The molecule has 1 heterocycles. The minimum atomic E-state index is -0.114. The third-order valence-corrected chi connectivity index (χ3v) is 4.65. The first-order valence-electron chi connectivity index (χ1n) is 8.70. The Morgan fingerprint density at radius 2 is 1.62 bits per heavy atom. The van der Waals surface area contributed by atoms with Crippen LogP contribution in [0.5, 0.6) is 0 Å². The van der Waals surface area contributed by atoms with Gasteiger partial charge in [-0.3, -0.25) is 9.59 Å². The Balaban J connectivity index is 1.90. The van der Waals surface area contributed by atoms with Crippen molar-refractivity contribution in [2.45, 2.75) is 51.7 Å². The molecular weight excluding hydrogens is 350 g/mol. The molecule has 0 bridgehead atoms. The third kappa shape index (κ3) is 5.32. The molecule has 0 atom stereocenters. The van der Waals surface area contributed by atoms with Crippen molar-refractivity contribution in [2.24, 2.45) is 0 Å². The SMILES string of the molecule is CCC(=O)Nc1ccc(NC(=O)CSc2nnc(C(C)C)n2CC)cc1. The molecule has 2 N–H and O–H groups in total. The van der Waals surface area contributed by atoms with E-state index >= 15 is 0 Å². The number of anilines is 2.